The average Bonchev–Trinajstić information content (AvgIpc) is 2.91. The van der Waals surface area contributed by atoms with Crippen molar-refractivity contribution in [2.24, 2.45) is 5.73 Å². The summed E-state index contributed by atoms with van der Waals surface area (Å²) in [6, 6.07) is 6.05. The van der Waals surface area contributed by atoms with Crippen LogP contribution in [0.25, 0.3) is 0 Å². The van der Waals surface area contributed by atoms with E-state index in [-0.39, 0.29) is 11.4 Å². The summed E-state index contributed by atoms with van der Waals surface area (Å²) in [4.78, 5) is 12.2. The van der Waals surface area contributed by atoms with E-state index in [0.29, 0.717) is 6.54 Å². The molecule has 0 aliphatic heterocycles. The average molecular weight is 260 g/mol. The fraction of sp³-hybridized carbons (Fsp3) is 0.562. The highest BCUT2D eigenvalue weighted by Crippen LogP contribution is 2.22. The Kier molecular flexibility index (Phi) is 4.25. The van der Waals surface area contributed by atoms with E-state index in [1.807, 2.05) is 12.1 Å². The van der Waals surface area contributed by atoms with Gasteiger partial charge >= 0.3 is 0 Å². The number of nitrogens with one attached hydrogen (secondary N) is 1. The number of carbonyl (C=O) groups excluding carboxylic acids is 1. The van der Waals surface area contributed by atoms with Crippen LogP contribution in [0.4, 0.5) is 0 Å². The Labute approximate surface area is 115 Å². The molecule has 0 radical (unpaired) electrons. The van der Waals surface area contributed by atoms with E-state index in [1.165, 1.54) is 17.5 Å². The van der Waals surface area contributed by atoms with Crippen molar-refractivity contribution in [1.82, 2.24) is 5.32 Å². The fourth-order valence-corrected chi connectivity index (χ4v) is 2.57. The van der Waals surface area contributed by atoms with Crippen LogP contribution in [0, 0.1) is 0 Å². The smallest absolute Gasteiger partial charge is 0.251 e. The van der Waals surface area contributed by atoms with Crippen LogP contribution < -0.4 is 11.1 Å². The van der Waals surface area contributed by atoms with E-state index < -0.39 is 0 Å². The molecule has 3 N–H and O–H groups in total. The maximum absolute atomic E-state index is 12.2. The lowest BCUT2D eigenvalue weighted by Crippen LogP contribution is -2.49. The van der Waals surface area contributed by atoms with Crippen molar-refractivity contribution in [2.45, 2.75) is 51.5 Å². The van der Waals surface area contributed by atoms with Gasteiger partial charge in [-0.05, 0) is 55.4 Å². The number of aryl methyl sites for hydroxylation is 2. The van der Waals surface area contributed by atoms with Crippen LogP contribution in [0.5, 0.6) is 0 Å². The maximum Gasteiger partial charge on any atom is 0.251 e. The normalized spacial score (nSPS) is 14.3. The molecular weight excluding hydrogens is 236 g/mol. The van der Waals surface area contributed by atoms with Crippen LogP contribution in [0.3, 0.4) is 0 Å². The molecule has 0 heterocycles. The topological polar surface area (TPSA) is 55.1 Å². The van der Waals surface area contributed by atoms with Crippen molar-refractivity contribution in [3.63, 3.8) is 0 Å². The quantitative estimate of drug-likeness (QED) is 0.854. The zero-order valence-electron chi connectivity index (χ0n) is 12.0. The van der Waals surface area contributed by atoms with Crippen molar-refractivity contribution in [2.75, 3.05) is 6.54 Å². The van der Waals surface area contributed by atoms with Crippen LogP contribution in [-0.4, -0.2) is 18.0 Å². The number of carbonyl (C=O) groups is 1. The lowest BCUT2D eigenvalue weighted by atomic mass is 9.94. The van der Waals surface area contributed by atoms with Crippen LogP contribution in [-0.2, 0) is 12.8 Å². The summed E-state index contributed by atoms with van der Waals surface area (Å²) < 4.78 is 0. The van der Waals surface area contributed by atoms with Crippen LogP contribution >= 0.6 is 0 Å². The highest BCUT2D eigenvalue weighted by Gasteiger charge is 2.21. The summed E-state index contributed by atoms with van der Waals surface area (Å²) in [6.07, 6.45) is 5.19. The molecule has 0 saturated heterocycles. The zero-order chi connectivity index (χ0) is 13.9. The first-order valence-corrected chi connectivity index (χ1v) is 7.27. The van der Waals surface area contributed by atoms with Gasteiger partial charge in [0.15, 0.2) is 0 Å². The van der Waals surface area contributed by atoms with Crippen molar-refractivity contribution in [1.29, 1.82) is 0 Å². The molecule has 1 aromatic carbocycles. The number of fused-ring (bicyclic) bond motifs is 1. The molecule has 2 rings (SSSR count). The van der Waals surface area contributed by atoms with Gasteiger partial charge < -0.3 is 11.1 Å². The van der Waals surface area contributed by atoms with E-state index in [0.717, 1.165) is 31.2 Å². The molecule has 0 atom stereocenters. The van der Waals surface area contributed by atoms with Gasteiger partial charge in [0.1, 0.15) is 0 Å². The summed E-state index contributed by atoms with van der Waals surface area (Å²) in [5.41, 5.74) is 9.40. The van der Waals surface area contributed by atoms with Crippen molar-refractivity contribution in [3.05, 3.63) is 34.9 Å². The van der Waals surface area contributed by atoms with E-state index in [1.54, 1.807) is 0 Å². The SMILES string of the molecule is CCC(N)(CC)CNC(=O)c1ccc2c(c1)CCC2. The van der Waals surface area contributed by atoms with Crippen LogP contribution in [0.15, 0.2) is 18.2 Å². The molecule has 3 heteroatoms. The summed E-state index contributed by atoms with van der Waals surface area (Å²) in [5, 5.41) is 2.97. The Morgan fingerprint density at radius 3 is 2.63 bits per heavy atom. The molecule has 1 aromatic rings. The molecule has 0 spiro atoms. The first kappa shape index (κ1) is 14.1. The summed E-state index contributed by atoms with van der Waals surface area (Å²) in [5.74, 6) is -0.00794. The van der Waals surface area contributed by atoms with Gasteiger partial charge in [-0.15, -0.1) is 0 Å². The molecular formula is C16H24N2O. The second-order valence-corrected chi connectivity index (χ2v) is 5.59. The molecule has 1 aliphatic carbocycles. The van der Waals surface area contributed by atoms with Crippen LogP contribution in [0.1, 0.15) is 54.6 Å². The van der Waals surface area contributed by atoms with E-state index >= 15 is 0 Å². The third-order valence-electron chi connectivity index (χ3n) is 4.37. The van der Waals surface area contributed by atoms with E-state index in [2.05, 4.69) is 25.2 Å². The number of nitrogens with two attached hydrogens (primary N) is 1. The second kappa shape index (κ2) is 5.74. The van der Waals surface area contributed by atoms with Gasteiger partial charge in [-0.3, -0.25) is 4.79 Å². The summed E-state index contributed by atoms with van der Waals surface area (Å²) in [6.45, 7) is 4.66. The maximum atomic E-state index is 12.2. The molecule has 104 valence electrons. The molecule has 19 heavy (non-hydrogen) atoms. The molecule has 3 nitrogen and oxygen atoms in total. The Morgan fingerprint density at radius 1 is 1.26 bits per heavy atom. The minimum absolute atomic E-state index is 0.00794. The minimum Gasteiger partial charge on any atom is -0.350 e. The molecule has 1 amide bonds. The predicted octanol–water partition coefficient (Wildman–Crippen LogP) is 2.42. The van der Waals surface area contributed by atoms with Gasteiger partial charge in [0, 0.05) is 17.6 Å². The highest BCUT2D eigenvalue weighted by atomic mass is 16.1. The van der Waals surface area contributed by atoms with Gasteiger partial charge in [0.2, 0.25) is 0 Å². The highest BCUT2D eigenvalue weighted by molar-refractivity contribution is 5.94. The van der Waals surface area contributed by atoms with Gasteiger partial charge in [0.05, 0.1) is 0 Å². The molecule has 0 bridgehead atoms. The van der Waals surface area contributed by atoms with Gasteiger partial charge in [0.25, 0.3) is 5.91 Å². The largest absolute Gasteiger partial charge is 0.350 e. The molecule has 1 aliphatic rings. The minimum atomic E-state index is -0.285. The monoisotopic (exact) mass is 260 g/mol. The zero-order valence-corrected chi connectivity index (χ0v) is 12.0. The predicted molar refractivity (Wildman–Crippen MR) is 78.3 cm³/mol. The third kappa shape index (κ3) is 3.16. The molecule has 0 fully saturated rings. The standard InChI is InChI=1S/C16H24N2O/c1-3-16(17,4-2)11-18-15(19)14-9-8-12-6-5-7-13(12)10-14/h8-10H,3-7,11,17H2,1-2H3,(H,18,19). The Morgan fingerprint density at radius 2 is 1.95 bits per heavy atom. The lowest BCUT2D eigenvalue weighted by Gasteiger charge is -2.26. The Bertz CT molecular complexity index is 464. The lowest BCUT2D eigenvalue weighted by molar-refractivity contribution is 0.0942. The van der Waals surface area contributed by atoms with Crippen LogP contribution in [0.2, 0.25) is 0 Å². The second-order valence-electron chi connectivity index (χ2n) is 5.59. The fourth-order valence-electron chi connectivity index (χ4n) is 2.57. The van der Waals surface area contributed by atoms with E-state index in [4.69, 9.17) is 5.73 Å². The molecule has 0 aromatic heterocycles. The molecule has 0 unspecified atom stereocenters. The first-order valence-electron chi connectivity index (χ1n) is 7.27. The number of hydrogen-bond acceptors (Lipinski definition) is 2. The Hall–Kier alpha value is -1.35. The number of benzene rings is 1. The van der Waals surface area contributed by atoms with Crippen molar-refractivity contribution >= 4 is 5.91 Å². The van der Waals surface area contributed by atoms with Gasteiger partial charge in [-0.25, -0.2) is 0 Å². The van der Waals surface area contributed by atoms with E-state index in [9.17, 15) is 4.79 Å². The first-order chi connectivity index (χ1) is 9.08. The van der Waals surface area contributed by atoms with Crippen molar-refractivity contribution in [3.8, 4) is 0 Å². The summed E-state index contributed by atoms with van der Waals surface area (Å²) >= 11 is 0. The van der Waals surface area contributed by atoms with Gasteiger partial charge in [-0.1, -0.05) is 19.9 Å². The molecule has 0 saturated carbocycles. The van der Waals surface area contributed by atoms with Gasteiger partial charge in [-0.2, -0.15) is 0 Å². The Balaban J connectivity index is 2.00. The summed E-state index contributed by atoms with van der Waals surface area (Å²) in [7, 11) is 0. The van der Waals surface area contributed by atoms with Crippen molar-refractivity contribution < 1.29 is 4.79 Å². The third-order valence-corrected chi connectivity index (χ3v) is 4.37. The number of rotatable bonds is 5. The number of hydrogen-bond donors (Lipinski definition) is 2. The number of amides is 1.